The molecule has 1 aliphatic heterocycles. The van der Waals surface area contributed by atoms with Crippen LogP contribution in [0, 0.1) is 0 Å². The van der Waals surface area contributed by atoms with Crippen molar-refractivity contribution in [1.29, 1.82) is 0 Å². The van der Waals surface area contributed by atoms with Crippen molar-refractivity contribution < 1.29 is 9.53 Å². The van der Waals surface area contributed by atoms with Gasteiger partial charge in [0.05, 0.1) is 11.6 Å². The maximum Gasteiger partial charge on any atom is 0.237 e. The number of primary amides is 1. The van der Waals surface area contributed by atoms with Crippen molar-refractivity contribution in [2.24, 2.45) is 5.73 Å². The summed E-state index contributed by atoms with van der Waals surface area (Å²) in [5.74, 6) is 0.657. The van der Waals surface area contributed by atoms with Gasteiger partial charge in [0.25, 0.3) is 0 Å². The van der Waals surface area contributed by atoms with Gasteiger partial charge in [-0.1, -0.05) is 0 Å². The molecule has 1 aliphatic rings. The van der Waals surface area contributed by atoms with Crippen LogP contribution >= 0.6 is 11.8 Å². The van der Waals surface area contributed by atoms with Crippen LogP contribution in [0.4, 0.5) is 0 Å². The van der Waals surface area contributed by atoms with E-state index in [0.29, 0.717) is 11.4 Å². The number of nitrogens with one attached hydrogen (secondary N) is 1. The monoisotopic (exact) mass is 274 g/mol. The number of thioether (sulfide) groups is 1. The van der Waals surface area contributed by atoms with E-state index in [0.717, 1.165) is 25.2 Å². The first-order valence-corrected chi connectivity index (χ1v) is 7.71. The van der Waals surface area contributed by atoms with E-state index < -0.39 is 5.54 Å². The van der Waals surface area contributed by atoms with E-state index >= 15 is 0 Å². The molecule has 1 rings (SSSR count). The topological polar surface area (TPSA) is 64.3 Å². The molecule has 106 valence electrons. The summed E-state index contributed by atoms with van der Waals surface area (Å²) in [6.45, 7) is 8.92. The molecule has 18 heavy (non-hydrogen) atoms. The number of amides is 1. The number of hydrogen-bond donors (Lipinski definition) is 2. The Morgan fingerprint density at radius 3 is 2.72 bits per heavy atom. The summed E-state index contributed by atoms with van der Waals surface area (Å²) in [7, 11) is 0. The van der Waals surface area contributed by atoms with Gasteiger partial charge in [-0.15, -0.1) is 0 Å². The van der Waals surface area contributed by atoms with Crippen LogP contribution in [0.2, 0.25) is 0 Å². The molecule has 0 aliphatic carbocycles. The summed E-state index contributed by atoms with van der Waals surface area (Å²) in [5, 5.41) is 3.83. The maximum absolute atomic E-state index is 11.6. The molecule has 1 amide bonds. The third-order valence-electron chi connectivity index (χ3n) is 3.39. The fraction of sp³-hybridized carbons (Fsp3) is 0.923. The Kier molecular flexibility index (Phi) is 5.95. The minimum Gasteiger partial charge on any atom is -0.377 e. The normalized spacial score (nSPS) is 27.4. The number of nitrogens with two attached hydrogens (primary N) is 1. The van der Waals surface area contributed by atoms with Gasteiger partial charge >= 0.3 is 0 Å². The average Bonchev–Trinajstić information content (AvgIpc) is 2.63. The molecule has 4 nitrogen and oxygen atoms in total. The van der Waals surface area contributed by atoms with Crippen molar-refractivity contribution >= 4 is 17.7 Å². The zero-order valence-corrected chi connectivity index (χ0v) is 12.7. The van der Waals surface area contributed by atoms with Gasteiger partial charge in [0, 0.05) is 17.9 Å². The van der Waals surface area contributed by atoms with Crippen molar-refractivity contribution in [2.45, 2.75) is 63.5 Å². The van der Waals surface area contributed by atoms with E-state index in [1.165, 1.54) is 0 Å². The number of ether oxygens (including phenoxy) is 1. The molecule has 0 aromatic carbocycles. The zero-order valence-electron chi connectivity index (χ0n) is 11.9. The Labute approximate surface area is 114 Å². The lowest BCUT2D eigenvalue weighted by Gasteiger charge is -2.30. The summed E-state index contributed by atoms with van der Waals surface area (Å²) >= 11 is 1.89. The Hall–Kier alpha value is -0.260. The van der Waals surface area contributed by atoms with Gasteiger partial charge < -0.3 is 15.8 Å². The van der Waals surface area contributed by atoms with Gasteiger partial charge in [-0.05, 0) is 46.3 Å². The minimum atomic E-state index is -0.607. The van der Waals surface area contributed by atoms with Crippen LogP contribution < -0.4 is 11.1 Å². The summed E-state index contributed by atoms with van der Waals surface area (Å²) in [4.78, 5) is 11.6. The lowest BCUT2D eigenvalue weighted by atomic mass is 9.97. The Morgan fingerprint density at radius 1 is 1.61 bits per heavy atom. The fourth-order valence-electron chi connectivity index (χ4n) is 2.25. The quantitative estimate of drug-likeness (QED) is 0.739. The Balaban J connectivity index is 2.40. The van der Waals surface area contributed by atoms with Crippen LogP contribution in [0.25, 0.3) is 0 Å². The molecule has 0 radical (unpaired) electrons. The van der Waals surface area contributed by atoms with Crippen LogP contribution in [0.3, 0.4) is 0 Å². The molecule has 0 aromatic heterocycles. The summed E-state index contributed by atoms with van der Waals surface area (Å²) in [6, 6.07) is 0.251. The van der Waals surface area contributed by atoms with E-state index in [4.69, 9.17) is 10.5 Å². The SMILES string of the molecule is CC(C)NC(C)(CCSC1CCOC1C)C(N)=O. The third kappa shape index (κ3) is 4.44. The van der Waals surface area contributed by atoms with Crippen LogP contribution in [0.1, 0.15) is 40.5 Å². The van der Waals surface area contributed by atoms with Gasteiger partial charge in [-0.25, -0.2) is 0 Å². The second-order valence-corrected chi connectivity index (χ2v) is 6.87. The highest BCUT2D eigenvalue weighted by molar-refractivity contribution is 7.99. The summed E-state index contributed by atoms with van der Waals surface area (Å²) in [6.07, 6.45) is 2.19. The first kappa shape index (κ1) is 15.8. The zero-order chi connectivity index (χ0) is 13.8. The molecule has 0 aromatic rings. The van der Waals surface area contributed by atoms with Crippen molar-refractivity contribution in [1.82, 2.24) is 5.32 Å². The molecular formula is C13H26N2O2S. The van der Waals surface area contributed by atoms with Crippen LogP contribution in [-0.2, 0) is 9.53 Å². The van der Waals surface area contributed by atoms with Gasteiger partial charge in [-0.3, -0.25) is 4.79 Å². The first-order valence-electron chi connectivity index (χ1n) is 6.66. The van der Waals surface area contributed by atoms with Gasteiger partial charge in [0.15, 0.2) is 0 Å². The standard InChI is InChI=1S/C13H26N2O2S/c1-9(2)15-13(4,12(14)16)6-8-18-11-5-7-17-10(11)3/h9-11,15H,5-8H2,1-4H3,(H2,14,16). The molecule has 1 heterocycles. The highest BCUT2D eigenvalue weighted by Crippen LogP contribution is 2.28. The smallest absolute Gasteiger partial charge is 0.237 e. The third-order valence-corrected chi connectivity index (χ3v) is 4.88. The van der Waals surface area contributed by atoms with Crippen LogP contribution in [-0.4, -0.2) is 41.2 Å². The molecule has 3 atom stereocenters. The molecular weight excluding hydrogens is 248 g/mol. The first-order chi connectivity index (χ1) is 8.35. The molecule has 1 fully saturated rings. The Morgan fingerprint density at radius 2 is 2.28 bits per heavy atom. The number of rotatable bonds is 7. The van der Waals surface area contributed by atoms with Crippen molar-refractivity contribution in [3.8, 4) is 0 Å². The van der Waals surface area contributed by atoms with E-state index in [1.54, 1.807) is 0 Å². The second kappa shape index (κ2) is 6.78. The van der Waals surface area contributed by atoms with E-state index in [2.05, 4.69) is 12.2 Å². The molecule has 5 heteroatoms. The van der Waals surface area contributed by atoms with Gasteiger partial charge in [0.2, 0.25) is 5.91 Å². The molecule has 0 saturated carbocycles. The van der Waals surface area contributed by atoms with Crippen LogP contribution in [0.5, 0.6) is 0 Å². The highest BCUT2D eigenvalue weighted by Gasteiger charge is 2.32. The lowest BCUT2D eigenvalue weighted by molar-refractivity contribution is -0.124. The maximum atomic E-state index is 11.6. The molecule has 3 unspecified atom stereocenters. The number of carbonyl (C=O) groups excluding carboxylic acids is 1. The van der Waals surface area contributed by atoms with Gasteiger partial charge in [0.1, 0.15) is 0 Å². The van der Waals surface area contributed by atoms with Crippen molar-refractivity contribution in [3.63, 3.8) is 0 Å². The summed E-state index contributed by atoms with van der Waals surface area (Å²) < 4.78 is 5.53. The highest BCUT2D eigenvalue weighted by atomic mass is 32.2. The van der Waals surface area contributed by atoms with Crippen LogP contribution in [0.15, 0.2) is 0 Å². The fourth-order valence-corrected chi connectivity index (χ4v) is 3.69. The van der Waals surface area contributed by atoms with E-state index in [1.807, 2.05) is 32.5 Å². The van der Waals surface area contributed by atoms with Crippen molar-refractivity contribution in [3.05, 3.63) is 0 Å². The van der Waals surface area contributed by atoms with E-state index in [-0.39, 0.29) is 11.9 Å². The minimum absolute atomic E-state index is 0.251. The van der Waals surface area contributed by atoms with Gasteiger partial charge in [-0.2, -0.15) is 11.8 Å². The molecule has 0 bridgehead atoms. The predicted octanol–water partition coefficient (Wildman–Crippen LogP) is 1.53. The second-order valence-electron chi connectivity index (χ2n) is 5.52. The molecule has 1 saturated heterocycles. The Bertz CT molecular complexity index is 286. The predicted molar refractivity (Wildman–Crippen MR) is 76.8 cm³/mol. The number of hydrogen-bond acceptors (Lipinski definition) is 4. The molecule has 3 N–H and O–H groups in total. The number of carbonyl (C=O) groups is 1. The largest absolute Gasteiger partial charge is 0.377 e. The average molecular weight is 274 g/mol. The summed E-state index contributed by atoms with van der Waals surface area (Å²) in [5.41, 5.74) is 4.90. The lowest BCUT2D eigenvalue weighted by Crippen LogP contribution is -2.55. The molecule has 0 spiro atoms. The van der Waals surface area contributed by atoms with Crippen molar-refractivity contribution in [2.75, 3.05) is 12.4 Å². The van der Waals surface area contributed by atoms with E-state index in [9.17, 15) is 4.79 Å².